The Labute approximate surface area is 187 Å². The molecule has 8 heteroatoms. The van der Waals surface area contributed by atoms with Gasteiger partial charge in [0.15, 0.2) is 11.5 Å². The maximum Gasteiger partial charge on any atom is 0.164 e. The van der Waals surface area contributed by atoms with E-state index in [0.717, 1.165) is 31.7 Å². The van der Waals surface area contributed by atoms with Crippen molar-refractivity contribution in [3.63, 3.8) is 0 Å². The zero-order valence-electron chi connectivity index (χ0n) is 17.2. The lowest BCUT2D eigenvalue weighted by atomic mass is 10.2. The first kappa shape index (κ1) is 23.0. The number of aliphatic hydroxyl groups is 1. The van der Waals surface area contributed by atoms with Crippen molar-refractivity contribution in [1.29, 1.82) is 0 Å². The molecular formula is C22H27Cl2N2O4. The highest BCUT2D eigenvalue weighted by Gasteiger charge is 2.21. The van der Waals surface area contributed by atoms with Crippen molar-refractivity contribution in [1.82, 2.24) is 9.80 Å². The Kier molecular flexibility index (Phi) is 8.48. The van der Waals surface area contributed by atoms with Crippen LogP contribution in [-0.4, -0.2) is 68.0 Å². The van der Waals surface area contributed by atoms with Gasteiger partial charge in [-0.2, -0.15) is 0 Å². The standard InChI is InChI=1S/C22H27Cl2N2O4/c1-28-19-5-6-21(29-2)22(12-19)30-15-18(27)14-26-9-7-25(8-10-26)13-16-3-4-17(23)11-20(16)24/h3-7,11-12,18,27H,8-10,13-15H2,1-2H3. The van der Waals surface area contributed by atoms with E-state index in [-0.39, 0.29) is 6.61 Å². The number of methoxy groups -OCH3 is 2. The van der Waals surface area contributed by atoms with E-state index in [1.165, 1.54) is 0 Å². The first-order valence-electron chi connectivity index (χ1n) is 9.75. The van der Waals surface area contributed by atoms with E-state index < -0.39 is 6.10 Å². The summed E-state index contributed by atoms with van der Waals surface area (Å²) in [6.45, 7) is 6.03. The van der Waals surface area contributed by atoms with Crippen LogP contribution in [0.1, 0.15) is 5.56 Å². The topological polar surface area (TPSA) is 54.4 Å². The average molecular weight is 454 g/mol. The Morgan fingerprint density at radius 3 is 2.53 bits per heavy atom. The molecule has 1 aliphatic rings. The van der Waals surface area contributed by atoms with Gasteiger partial charge < -0.3 is 19.3 Å². The second-order valence-electron chi connectivity index (χ2n) is 7.13. The summed E-state index contributed by atoms with van der Waals surface area (Å²) in [5.41, 5.74) is 1.05. The summed E-state index contributed by atoms with van der Waals surface area (Å²) in [4.78, 5) is 4.42. The minimum atomic E-state index is -0.619. The maximum atomic E-state index is 10.4. The molecule has 1 heterocycles. The highest BCUT2D eigenvalue weighted by molar-refractivity contribution is 6.35. The number of β-amino-alcohol motifs (C(OH)–C–C–N with tert-alkyl or cyclic N) is 1. The number of halogens is 2. The van der Waals surface area contributed by atoms with Crippen molar-refractivity contribution in [2.24, 2.45) is 0 Å². The van der Waals surface area contributed by atoms with Gasteiger partial charge in [-0.25, -0.2) is 0 Å². The molecule has 1 saturated heterocycles. The number of benzene rings is 2. The molecule has 1 aliphatic heterocycles. The molecule has 30 heavy (non-hydrogen) atoms. The molecule has 0 spiro atoms. The van der Waals surface area contributed by atoms with Gasteiger partial charge in [0.25, 0.3) is 0 Å². The fraction of sp³-hybridized carbons (Fsp3) is 0.409. The molecule has 0 aromatic heterocycles. The zero-order valence-corrected chi connectivity index (χ0v) is 18.7. The number of hydrogen-bond donors (Lipinski definition) is 1. The Balaban J connectivity index is 1.43. The molecule has 1 atom stereocenters. The second-order valence-corrected chi connectivity index (χ2v) is 7.97. The maximum absolute atomic E-state index is 10.4. The van der Waals surface area contributed by atoms with Crippen LogP contribution in [0.2, 0.25) is 10.0 Å². The first-order valence-corrected chi connectivity index (χ1v) is 10.5. The smallest absolute Gasteiger partial charge is 0.164 e. The largest absolute Gasteiger partial charge is 0.497 e. The highest BCUT2D eigenvalue weighted by Crippen LogP contribution is 2.31. The molecule has 1 unspecified atom stereocenters. The quantitative estimate of drug-likeness (QED) is 0.624. The second kappa shape index (κ2) is 11.1. The van der Waals surface area contributed by atoms with E-state index in [9.17, 15) is 5.11 Å². The Morgan fingerprint density at radius 2 is 1.87 bits per heavy atom. The Hall–Kier alpha value is -1.70. The minimum Gasteiger partial charge on any atom is -0.497 e. The number of rotatable bonds is 9. The third-order valence-electron chi connectivity index (χ3n) is 4.96. The van der Waals surface area contributed by atoms with Crippen LogP contribution in [0.3, 0.4) is 0 Å². The lowest BCUT2D eigenvalue weighted by Crippen LogP contribution is -2.46. The SMILES string of the molecule is COc1ccc(OC)c(OCC(O)CN2C[CH]N(Cc3ccc(Cl)cc3Cl)CC2)c1. The van der Waals surface area contributed by atoms with E-state index in [4.69, 9.17) is 37.4 Å². The third-order valence-corrected chi connectivity index (χ3v) is 5.55. The number of aliphatic hydroxyl groups excluding tert-OH is 1. The predicted molar refractivity (Wildman–Crippen MR) is 119 cm³/mol. The molecule has 0 amide bonds. The first-order chi connectivity index (χ1) is 14.5. The normalized spacial score (nSPS) is 16.3. The van der Waals surface area contributed by atoms with Gasteiger partial charge in [0.1, 0.15) is 18.5 Å². The van der Waals surface area contributed by atoms with Crippen molar-refractivity contribution in [2.45, 2.75) is 12.6 Å². The van der Waals surface area contributed by atoms with Crippen LogP contribution in [0.4, 0.5) is 0 Å². The van der Waals surface area contributed by atoms with Gasteiger partial charge in [-0.1, -0.05) is 29.3 Å². The van der Waals surface area contributed by atoms with Gasteiger partial charge in [-0.15, -0.1) is 0 Å². The van der Waals surface area contributed by atoms with Gasteiger partial charge in [0.05, 0.1) is 14.2 Å². The van der Waals surface area contributed by atoms with Gasteiger partial charge in [-0.05, 0) is 29.8 Å². The monoisotopic (exact) mass is 453 g/mol. The van der Waals surface area contributed by atoms with Crippen LogP contribution in [0.15, 0.2) is 36.4 Å². The van der Waals surface area contributed by atoms with Crippen molar-refractivity contribution in [2.75, 3.05) is 47.0 Å². The van der Waals surface area contributed by atoms with Gasteiger partial charge in [-0.3, -0.25) is 9.80 Å². The molecule has 6 nitrogen and oxygen atoms in total. The Bertz CT molecular complexity index is 829. The average Bonchev–Trinajstić information content (AvgIpc) is 2.75. The lowest BCUT2D eigenvalue weighted by Gasteiger charge is -2.35. The third kappa shape index (κ3) is 6.40. The van der Waals surface area contributed by atoms with Crippen molar-refractivity contribution in [3.05, 3.63) is 58.6 Å². The van der Waals surface area contributed by atoms with Crippen LogP contribution >= 0.6 is 23.2 Å². The number of nitrogens with zero attached hydrogens (tertiary/aromatic N) is 2. The molecule has 0 bridgehead atoms. The highest BCUT2D eigenvalue weighted by atomic mass is 35.5. The molecule has 1 N–H and O–H groups in total. The van der Waals surface area contributed by atoms with Crippen LogP contribution in [0.25, 0.3) is 0 Å². The van der Waals surface area contributed by atoms with Gasteiger partial charge in [0, 0.05) is 55.4 Å². The summed E-state index contributed by atoms with van der Waals surface area (Å²) in [7, 11) is 3.18. The fourth-order valence-electron chi connectivity index (χ4n) is 3.30. The van der Waals surface area contributed by atoms with Crippen LogP contribution < -0.4 is 14.2 Å². The minimum absolute atomic E-state index is 0.171. The molecule has 1 radical (unpaired) electrons. The predicted octanol–water partition coefficient (Wildman–Crippen LogP) is 3.73. The van der Waals surface area contributed by atoms with E-state index >= 15 is 0 Å². The van der Waals surface area contributed by atoms with E-state index in [1.807, 2.05) is 12.1 Å². The zero-order chi connectivity index (χ0) is 21.5. The lowest BCUT2D eigenvalue weighted by molar-refractivity contribution is 0.0541. The molecule has 0 saturated carbocycles. The van der Waals surface area contributed by atoms with Gasteiger partial charge in [0.2, 0.25) is 0 Å². The van der Waals surface area contributed by atoms with Crippen LogP contribution in [0, 0.1) is 6.54 Å². The fourth-order valence-corrected chi connectivity index (χ4v) is 3.76. The molecule has 3 rings (SSSR count). The number of piperazine rings is 1. The molecule has 1 fully saturated rings. The van der Waals surface area contributed by atoms with E-state index in [2.05, 4.69) is 16.3 Å². The Morgan fingerprint density at radius 1 is 1.03 bits per heavy atom. The van der Waals surface area contributed by atoms with Gasteiger partial charge >= 0.3 is 0 Å². The van der Waals surface area contributed by atoms with Crippen molar-refractivity contribution in [3.8, 4) is 17.2 Å². The molecule has 2 aromatic carbocycles. The summed E-state index contributed by atoms with van der Waals surface area (Å²) in [5, 5.41) is 11.7. The van der Waals surface area contributed by atoms with E-state index in [1.54, 1.807) is 38.5 Å². The summed E-state index contributed by atoms with van der Waals surface area (Å²) in [6.07, 6.45) is -0.619. The molecule has 0 aliphatic carbocycles. The van der Waals surface area contributed by atoms with E-state index in [0.29, 0.717) is 33.8 Å². The number of ether oxygens (including phenoxy) is 3. The summed E-state index contributed by atoms with van der Waals surface area (Å²) >= 11 is 12.2. The van der Waals surface area contributed by atoms with Crippen LogP contribution in [0.5, 0.6) is 17.2 Å². The summed E-state index contributed by atoms with van der Waals surface area (Å²) in [6, 6.07) is 10.9. The summed E-state index contributed by atoms with van der Waals surface area (Å²) in [5.74, 6) is 1.82. The van der Waals surface area contributed by atoms with Crippen molar-refractivity contribution < 1.29 is 19.3 Å². The molecule has 163 valence electrons. The molecular weight excluding hydrogens is 427 g/mol. The molecule has 2 aromatic rings. The van der Waals surface area contributed by atoms with Crippen LogP contribution in [-0.2, 0) is 6.54 Å². The summed E-state index contributed by atoms with van der Waals surface area (Å²) < 4.78 is 16.3. The van der Waals surface area contributed by atoms with Crippen molar-refractivity contribution >= 4 is 23.2 Å². The number of hydrogen-bond acceptors (Lipinski definition) is 6.